The van der Waals surface area contributed by atoms with Crippen LogP contribution < -0.4 is 16.0 Å². The largest absolute Gasteiger partial charge is 0.495 e. The summed E-state index contributed by atoms with van der Waals surface area (Å²) in [5.41, 5.74) is 1.81. The zero-order valence-electron chi connectivity index (χ0n) is 19.2. The summed E-state index contributed by atoms with van der Waals surface area (Å²) in [6, 6.07) is 12.8. The number of hydrogen-bond acceptors (Lipinski definition) is 7. The van der Waals surface area contributed by atoms with Gasteiger partial charge in [0.2, 0.25) is 5.89 Å². The maximum atomic E-state index is 13.8. The first-order valence-electron chi connectivity index (χ1n) is 10.7. The second-order valence-electron chi connectivity index (χ2n) is 7.96. The van der Waals surface area contributed by atoms with Crippen LogP contribution in [0.1, 0.15) is 22.7 Å². The van der Waals surface area contributed by atoms with Gasteiger partial charge in [-0.15, -0.1) is 11.3 Å². The average molecular weight is 475 g/mol. The molecule has 0 N–H and O–H groups in total. The first-order valence-corrected chi connectivity index (χ1v) is 11.5. The Bertz CT molecular complexity index is 1640. The van der Waals surface area contributed by atoms with E-state index in [9.17, 15) is 9.59 Å². The van der Waals surface area contributed by atoms with Crippen molar-refractivity contribution in [3.63, 3.8) is 0 Å². The minimum absolute atomic E-state index is 0.0310. The number of methoxy groups -OCH3 is 1. The topological polar surface area (TPSA) is 92.1 Å². The molecule has 8 nitrogen and oxygen atoms in total. The number of thiophene rings is 1. The van der Waals surface area contributed by atoms with Crippen molar-refractivity contribution in [2.45, 2.75) is 27.3 Å². The predicted molar refractivity (Wildman–Crippen MR) is 131 cm³/mol. The van der Waals surface area contributed by atoms with Gasteiger partial charge in [0.25, 0.3) is 5.56 Å². The van der Waals surface area contributed by atoms with Crippen LogP contribution in [0.25, 0.3) is 27.5 Å². The van der Waals surface area contributed by atoms with Crippen LogP contribution in [-0.4, -0.2) is 26.2 Å². The second-order valence-corrected chi connectivity index (χ2v) is 8.91. The van der Waals surface area contributed by atoms with E-state index in [2.05, 4.69) is 9.97 Å². The summed E-state index contributed by atoms with van der Waals surface area (Å²) in [6.45, 7) is 5.42. The van der Waals surface area contributed by atoms with Crippen LogP contribution in [0.2, 0.25) is 0 Å². The van der Waals surface area contributed by atoms with E-state index >= 15 is 0 Å². The molecule has 34 heavy (non-hydrogen) atoms. The molecule has 0 aliphatic rings. The lowest BCUT2D eigenvalue weighted by molar-refractivity contribution is 0.412. The van der Waals surface area contributed by atoms with Crippen molar-refractivity contribution >= 4 is 22.4 Å². The third-order valence-electron chi connectivity index (χ3n) is 5.68. The number of benzene rings is 1. The van der Waals surface area contributed by atoms with E-state index in [-0.39, 0.29) is 6.54 Å². The Morgan fingerprint density at radius 3 is 2.59 bits per heavy atom. The van der Waals surface area contributed by atoms with Crippen molar-refractivity contribution in [2.75, 3.05) is 7.11 Å². The van der Waals surface area contributed by atoms with E-state index in [1.165, 1.54) is 27.6 Å². The predicted octanol–water partition coefficient (Wildman–Crippen LogP) is 4.25. The number of pyridine rings is 1. The number of para-hydroxylation sites is 2. The first-order chi connectivity index (χ1) is 16.4. The fourth-order valence-corrected chi connectivity index (χ4v) is 4.73. The van der Waals surface area contributed by atoms with Crippen LogP contribution in [-0.2, 0) is 6.54 Å². The summed E-state index contributed by atoms with van der Waals surface area (Å²) >= 11 is 1.51. The summed E-state index contributed by atoms with van der Waals surface area (Å²) in [5.74, 6) is 1.52. The zero-order valence-corrected chi connectivity index (χ0v) is 20.0. The van der Waals surface area contributed by atoms with Crippen molar-refractivity contribution in [3.8, 4) is 22.2 Å². The van der Waals surface area contributed by atoms with Crippen molar-refractivity contribution in [3.05, 3.63) is 91.4 Å². The first kappa shape index (κ1) is 21.8. The Kier molecular flexibility index (Phi) is 5.41. The van der Waals surface area contributed by atoms with Gasteiger partial charge in [0.15, 0.2) is 5.65 Å². The summed E-state index contributed by atoms with van der Waals surface area (Å²) in [4.78, 5) is 37.4. The van der Waals surface area contributed by atoms with Crippen LogP contribution in [0.4, 0.5) is 0 Å². The number of aromatic nitrogens is 4. The van der Waals surface area contributed by atoms with Gasteiger partial charge in [-0.3, -0.25) is 9.36 Å². The van der Waals surface area contributed by atoms with Crippen LogP contribution in [0.5, 0.6) is 5.75 Å². The molecule has 0 radical (unpaired) electrons. The molecule has 0 saturated heterocycles. The van der Waals surface area contributed by atoms with Crippen LogP contribution >= 0.6 is 11.3 Å². The third kappa shape index (κ3) is 3.54. The lowest BCUT2D eigenvalue weighted by atomic mass is 10.1. The van der Waals surface area contributed by atoms with Gasteiger partial charge in [-0.1, -0.05) is 18.2 Å². The number of aryl methyl sites for hydroxylation is 3. The molecule has 172 valence electrons. The smallest absolute Gasteiger partial charge is 0.337 e. The molecule has 0 atom stereocenters. The van der Waals surface area contributed by atoms with Crippen molar-refractivity contribution in [2.24, 2.45) is 0 Å². The van der Waals surface area contributed by atoms with E-state index in [4.69, 9.17) is 9.15 Å². The fourth-order valence-electron chi connectivity index (χ4n) is 4.08. The molecule has 1 aromatic carbocycles. The number of fused-ring (bicyclic) bond motifs is 1. The summed E-state index contributed by atoms with van der Waals surface area (Å²) in [6.07, 6.45) is 0. The third-order valence-corrected chi connectivity index (χ3v) is 6.54. The van der Waals surface area contributed by atoms with Crippen LogP contribution in [0.15, 0.2) is 61.9 Å². The molecule has 4 heterocycles. The van der Waals surface area contributed by atoms with E-state index in [1.54, 1.807) is 19.1 Å². The number of oxazole rings is 1. The molecule has 5 rings (SSSR count). The molecule has 0 unspecified atom stereocenters. The Hall–Kier alpha value is -3.98. The highest BCUT2D eigenvalue weighted by Crippen LogP contribution is 2.27. The minimum atomic E-state index is -0.528. The molecule has 0 fully saturated rings. The quantitative estimate of drug-likeness (QED) is 0.378. The molecule has 0 saturated carbocycles. The minimum Gasteiger partial charge on any atom is -0.495 e. The molecule has 0 bridgehead atoms. The van der Waals surface area contributed by atoms with E-state index < -0.39 is 11.2 Å². The lowest BCUT2D eigenvalue weighted by Gasteiger charge is -2.16. The summed E-state index contributed by atoms with van der Waals surface area (Å²) in [5, 5.41) is 2.31. The van der Waals surface area contributed by atoms with E-state index in [1.807, 2.05) is 49.6 Å². The molecular weight excluding hydrogens is 452 g/mol. The van der Waals surface area contributed by atoms with Gasteiger partial charge in [0.1, 0.15) is 17.2 Å². The molecule has 4 aromatic heterocycles. The molecular formula is C25H22N4O4S. The average Bonchev–Trinajstić information content (AvgIpc) is 3.46. The summed E-state index contributed by atoms with van der Waals surface area (Å²) < 4.78 is 14.0. The highest BCUT2D eigenvalue weighted by molar-refractivity contribution is 7.13. The van der Waals surface area contributed by atoms with Gasteiger partial charge in [0.05, 0.1) is 29.6 Å². The lowest BCUT2D eigenvalue weighted by Crippen LogP contribution is -2.40. The Morgan fingerprint density at radius 1 is 1.06 bits per heavy atom. The molecule has 5 aromatic rings. The van der Waals surface area contributed by atoms with Gasteiger partial charge in [0, 0.05) is 5.69 Å². The highest BCUT2D eigenvalue weighted by atomic mass is 32.1. The maximum Gasteiger partial charge on any atom is 0.337 e. The monoisotopic (exact) mass is 474 g/mol. The van der Waals surface area contributed by atoms with Crippen LogP contribution in [0.3, 0.4) is 0 Å². The van der Waals surface area contributed by atoms with Gasteiger partial charge in [-0.25, -0.2) is 19.3 Å². The van der Waals surface area contributed by atoms with Gasteiger partial charge < -0.3 is 9.15 Å². The molecule has 0 aliphatic carbocycles. The van der Waals surface area contributed by atoms with Crippen molar-refractivity contribution in [1.82, 2.24) is 19.1 Å². The Labute approximate surface area is 198 Å². The number of ether oxygens (including phenoxy) is 1. The fraction of sp³-hybridized carbons (Fsp3) is 0.200. The SMILES string of the molecule is COc1ccccc1-n1c(=O)n(Cc2nc(-c3cccs3)oc2C)c(=O)c2c(C)cc(C)nc21. The number of nitrogens with zero attached hydrogens (tertiary/aromatic N) is 4. The normalized spacial score (nSPS) is 11.3. The molecule has 0 amide bonds. The standard InChI is InChI=1S/C25H22N4O4S/c1-14-12-15(2)26-22-21(14)24(30)28(25(31)29(22)18-8-5-6-9-19(18)32-4)13-17-16(3)33-23(27-17)20-10-7-11-34-20/h5-12H,13H2,1-4H3. The Balaban J connectivity index is 1.79. The molecule has 9 heteroatoms. The Morgan fingerprint density at radius 2 is 1.85 bits per heavy atom. The van der Waals surface area contributed by atoms with Gasteiger partial charge >= 0.3 is 5.69 Å². The second kappa shape index (κ2) is 8.42. The number of rotatable bonds is 5. The molecule has 0 spiro atoms. The number of hydrogen-bond donors (Lipinski definition) is 0. The van der Waals surface area contributed by atoms with Crippen LogP contribution in [0, 0.1) is 20.8 Å². The zero-order chi connectivity index (χ0) is 24.0. The van der Waals surface area contributed by atoms with Gasteiger partial charge in [-0.2, -0.15) is 0 Å². The van der Waals surface area contributed by atoms with Crippen molar-refractivity contribution in [1.29, 1.82) is 0 Å². The van der Waals surface area contributed by atoms with Crippen molar-refractivity contribution < 1.29 is 9.15 Å². The van der Waals surface area contributed by atoms with Gasteiger partial charge in [-0.05, 0) is 56.0 Å². The molecule has 0 aliphatic heterocycles. The highest BCUT2D eigenvalue weighted by Gasteiger charge is 2.22. The van der Waals surface area contributed by atoms with E-state index in [0.717, 1.165) is 10.4 Å². The van der Waals surface area contributed by atoms with E-state index in [0.29, 0.717) is 45.5 Å². The maximum absolute atomic E-state index is 13.8. The summed E-state index contributed by atoms with van der Waals surface area (Å²) in [7, 11) is 1.54.